The maximum atomic E-state index is 12.3. The van der Waals surface area contributed by atoms with E-state index in [1.807, 2.05) is 0 Å². The van der Waals surface area contributed by atoms with E-state index >= 15 is 0 Å². The Hall–Kier alpha value is -0.770. The van der Waals surface area contributed by atoms with Crippen molar-refractivity contribution in [3.63, 3.8) is 0 Å². The van der Waals surface area contributed by atoms with Crippen LogP contribution in [0.2, 0.25) is 0 Å². The molecule has 0 unspecified atom stereocenters. The average molecular weight is 352 g/mol. The summed E-state index contributed by atoms with van der Waals surface area (Å²) in [5.41, 5.74) is 0.342. The first-order valence-corrected chi connectivity index (χ1v) is 8.89. The standard InChI is InChI=1S/C17H22BrNO2/c1-10(19-16(20)14-2-3-15(18)21-14)17-7-11-4-12(8-17)6-13(5-11)9-17/h2-3,10-13H,4-9H2,1H3,(H,19,20)/t10-,11?,12?,13?,17?/m1/s1. The smallest absolute Gasteiger partial charge is 0.287 e. The van der Waals surface area contributed by atoms with Crippen LogP contribution in [0.5, 0.6) is 0 Å². The van der Waals surface area contributed by atoms with Crippen LogP contribution in [0.25, 0.3) is 0 Å². The minimum atomic E-state index is -0.0797. The fourth-order valence-electron chi connectivity index (χ4n) is 5.57. The Labute approximate surface area is 134 Å². The van der Waals surface area contributed by atoms with Gasteiger partial charge in [0.2, 0.25) is 0 Å². The van der Waals surface area contributed by atoms with Gasteiger partial charge < -0.3 is 9.73 Å². The second-order valence-corrected chi connectivity index (χ2v) is 8.36. The molecule has 4 aliphatic rings. The molecule has 114 valence electrons. The zero-order valence-corrected chi connectivity index (χ0v) is 14.0. The molecule has 21 heavy (non-hydrogen) atoms. The van der Waals surface area contributed by atoms with Gasteiger partial charge in [-0.25, -0.2) is 0 Å². The summed E-state index contributed by atoms with van der Waals surface area (Å²) in [5, 5.41) is 3.21. The first-order chi connectivity index (χ1) is 10.0. The van der Waals surface area contributed by atoms with Crippen molar-refractivity contribution in [2.75, 3.05) is 0 Å². The second-order valence-electron chi connectivity index (χ2n) is 7.58. The normalized spacial score (nSPS) is 38.5. The Balaban J connectivity index is 1.50. The molecule has 5 rings (SSSR count). The number of rotatable bonds is 3. The van der Waals surface area contributed by atoms with Crippen molar-refractivity contribution in [2.24, 2.45) is 23.2 Å². The molecule has 3 nitrogen and oxygen atoms in total. The minimum absolute atomic E-state index is 0.0797. The van der Waals surface area contributed by atoms with Gasteiger partial charge in [-0.05, 0) is 96.7 Å². The molecular formula is C17H22BrNO2. The van der Waals surface area contributed by atoms with Crippen molar-refractivity contribution < 1.29 is 9.21 Å². The Morgan fingerprint density at radius 2 is 1.81 bits per heavy atom. The van der Waals surface area contributed by atoms with Crippen molar-refractivity contribution in [3.05, 3.63) is 22.6 Å². The molecule has 0 radical (unpaired) electrons. The number of hydrogen-bond acceptors (Lipinski definition) is 2. The first kappa shape index (κ1) is 13.9. The Morgan fingerprint density at radius 3 is 2.29 bits per heavy atom. The lowest BCUT2D eigenvalue weighted by Gasteiger charge is -2.59. The van der Waals surface area contributed by atoms with E-state index in [2.05, 4.69) is 28.2 Å². The lowest BCUT2D eigenvalue weighted by atomic mass is 9.48. The summed E-state index contributed by atoms with van der Waals surface area (Å²) in [7, 11) is 0. The van der Waals surface area contributed by atoms with E-state index in [-0.39, 0.29) is 11.9 Å². The molecule has 4 fully saturated rings. The van der Waals surface area contributed by atoms with Crippen LogP contribution in [-0.4, -0.2) is 11.9 Å². The molecular weight excluding hydrogens is 330 g/mol. The third kappa shape index (κ3) is 2.36. The van der Waals surface area contributed by atoms with Gasteiger partial charge in [0.15, 0.2) is 10.4 Å². The SMILES string of the molecule is C[C@@H](NC(=O)c1ccc(Br)o1)C12CC3CC(CC(C3)C1)C2. The Morgan fingerprint density at radius 1 is 1.24 bits per heavy atom. The summed E-state index contributed by atoms with van der Waals surface area (Å²) in [6.45, 7) is 2.20. The molecule has 1 aromatic rings. The molecule has 4 heteroatoms. The molecule has 1 aromatic heterocycles. The third-order valence-corrected chi connectivity index (χ3v) is 6.57. The van der Waals surface area contributed by atoms with Crippen LogP contribution >= 0.6 is 15.9 Å². The highest BCUT2D eigenvalue weighted by atomic mass is 79.9. The van der Waals surface area contributed by atoms with Gasteiger partial charge in [0, 0.05) is 6.04 Å². The van der Waals surface area contributed by atoms with Crippen LogP contribution in [0.1, 0.15) is 56.0 Å². The van der Waals surface area contributed by atoms with E-state index in [1.165, 1.54) is 38.5 Å². The van der Waals surface area contributed by atoms with Gasteiger partial charge in [0.25, 0.3) is 5.91 Å². The molecule has 0 aliphatic heterocycles. The van der Waals surface area contributed by atoms with E-state index in [9.17, 15) is 4.79 Å². The fraction of sp³-hybridized carbons (Fsp3) is 0.706. The van der Waals surface area contributed by atoms with E-state index < -0.39 is 0 Å². The monoisotopic (exact) mass is 351 g/mol. The molecule has 4 bridgehead atoms. The lowest BCUT2D eigenvalue weighted by Crippen LogP contribution is -2.55. The van der Waals surface area contributed by atoms with Crippen molar-refractivity contribution >= 4 is 21.8 Å². The maximum Gasteiger partial charge on any atom is 0.287 e. The molecule has 0 aromatic carbocycles. The number of carbonyl (C=O) groups excluding carboxylic acids is 1. The van der Waals surface area contributed by atoms with Gasteiger partial charge in [-0.15, -0.1) is 0 Å². The van der Waals surface area contributed by atoms with Crippen LogP contribution in [0.15, 0.2) is 21.2 Å². The predicted molar refractivity (Wildman–Crippen MR) is 83.9 cm³/mol. The van der Waals surface area contributed by atoms with E-state index in [0.29, 0.717) is 15.8 Å². The van der Waals surface area contributed by atoms with Gasteiger partial charge >= 0.3 is 0 Å². The number of furan rings is 1. The molecule has 1 amide bonds. The zero-order valence-electron chi connectivity index (χ0n) is 12.4. The average Bonchev–Trinajstić information content (AvgIpc) is 2.84. The van der Waals surface area contributed by atoms with Crippen molar-refractivity contribution in [1.82, 2.24) is 5.32 Å². The highest BCUT2D eigenvalue weighted by molar-refractivity contribution is 9.10. The minimum Gasteiger partial charge on any atom is -0.444 e. The topological polar surface area (TPSA) is 42.2 Å². The number of carbonyl (C=O) groups is 1. The van der Waals surface area contributed by atoms with Gasteiger partial charge in [0.1, 0.15) is 0 Å². The molecule has 1 N–H and O–H groups in total. The largest absolute Gasteiger partial charge is 0.444 e. The van der Waals surface area contributed by atoms with E-state index in [0.717, 1.165) is 17.8 Å². The quantitative estimate of drug-likeness (QED) is 0.877. The highest BCUT2D eigenvalue weighted by Crippen LogP contribution is 2.61. The first-order valence-electron chi connectivity index (χ1n) is 8.10. The summed E-state index contributed by atoms with van der Waals surface area (Å²) < 4.78 is 5.98. The van der Waals surface area contributed by atoms with Gasteiger partial charge in [-0.1, -0.05) is 0 Å². The van der Waals surface area contributed by atoms with Crippen LogP contribution < -0.4 is 5.32 Å². The summed E-state index contributed by atoms with van der Waals surface area (Å²) >= 11 is 3.25. The van der Waals surface area contributed by atoms with Gasteiger partial charge in [0.05, 0.1) is 0 Å². The maximum absolute atomic E-state index is 12.3. The van der Waals surface area contributed by atoms with Crippen molar-refractivity contribution in [1.29, 1.82) is 0 Å². The number of amides is 1. The number of hydrogen-bond donors (Lipinski definition) is 1. The van der Waals surface area contributed by atoms with E-state index in [4.69, 9.17) is 4.42 Å². The number of halogens is 1. The van der Waals surface area contributed by atoms with Crippen LogP contribution in [0.4, 0.5) is 0 Å². The molecule has 1 heterocycles. The summed E-state index contributed by atoms with van der Waals surface area (Å²) in [6.07, 6.45) is 8.23. The third-order valence-electron chi connectivity index (χ3n) is 6.15. The fourth-order valence-corrected chi connectivity index (χ4v) is 5.87. The van der Waals surface area contributed by atoms with Crippen LogP contribution in [0, 0.1) is 23.2 Å². The van der Waals surface area contributed by atoms with E-state index in [1.54, 1.807) is 12.1 Å². The molecule has 0 saturated heterocycles. The molecule has 4 saturated carbocycles. The number of nitrogens with one attached hydrogen (secondary N) is 1. The molecule has 4 aliphatic carbocycles. The lowest BCUT2D eigenvalue weighted by molar-refractivity contribution is -0.0688. The molecule has 1 atom stereocenters. The van der Waals surface area contributed by atoms with Crippen LogP contribution in [-0.2, 0) is 0 Å². The molecule has 0 spiro atoms. The summed E-state index contributed by atoms with van der Waals surface area (Å²) in [4.78, 5) is 12.3. The van der Waals surface area contributed by atoms with Crippen molar-refractivity contribution in [3.8, 4) is 0 Å². The van der Waals surface area contributed by atoms with Gasteiger partial charge in [-0.2, -0.15) is 0 Å². The van der Waals surface area contributed by atoms with Gasteiger partial charge in [-0.3, -0.25) is 4.79 Å². The van der Waals surface area contributed by atoms with Crippen LogP contribution in [0.3, 0.4) is 0 Å². The predicted octanol–water partition coefficient (Wildman–Crippen LogP) is 4.38. The Bertz CT molecular complexity index is 530. The summed E-state index contributed by atoms with van der Waals surface area (Å²) in [6, 6.07) is 3.73. The zero-order chi connectivity index (χ0) is 14.6. The second kappa shape index (κ2) is 4.87. The Kier molecular flexibility index (Phi) is 3.21. The van der Waals surface area contributed by atoms with Crippen molar-refractivity contribution in [2.45, 2.75) is 51.5 Å². The summed E-state index contributed by atoms with van der Waals surface area (Å²) in [5.74, 6) is 3.05. The highest BCUT2D eigenvalue weighted by Gasteiger charge is 2.53.